The summed E-state index contributed by atoms with van der Waals surface area (Å²) in [5.41, 5.74) is 1.70. The quantitative estimate of drug-likeness (QED) is 0.893. The fourth-order valence-electron chi connectivity index (χ4n) is 2.71. The van der Waals surface area contributed by atoms with Crippen LogP contribution in [0.3, 0.4) is 0 Å². The minimum Gasteiger partial charge on any atom is -0.365 e. The maximum Gasteiger partial charge on any atom is 0.253 e. The number of nitrogens with one attached hydrogen (secondary N) is 1. The number of rotatable bonds is 5. The van der Waals surface area contributed by atoms with Crippen LogP contribution in [0.15, 0.2) is 54.6 Å². The Morgan fingerprint density at radius 2 is 2.00 bits per heavy atom. The summed E-state index contributed by atoms with van der Waals surface area (Å²) in [5, 5.41) is 3.44. The predicted molar refractivity (Wildman–Crippen MR) is 96.7 cm³/mol. The first-order valence-electron chi connectivity index (χ1n) is 8.10. The van der Waals surface area contributed by atoms with E-state index in [2.05, 4.69) is 5.32 Å². The Kier molecular flexibility index (Phi) is 5.68. The van der Waals surface area contributed by atoms with E-state index in [0.717, 1.165) is 11.3 Å². The highest BCUT2D eigenvalue weighted by molar-refractivity contribution is 6.30. The zero-order valence-corrected chi connectivity index (χ0v) is 14.4. The van der Waals surface area contributed by atoms with Gasteiger partial charge in [-0.2, -0.15) is 0 Å². The van der Waals surface area contributed by atoms with Gasteiger partial charge in [0.15, 0.2) is 0 Å². The van der Waals surface area contributed by atoms with E-state index in [-0.39, 0.29) is 24.5 Å². The maximum absolute atomic E-state index is 12.1. The van der Waals surface area contributed by atoms with Gasteiger partial charge in [0.2, 0.25) is 5.91 Å². The third kappa shape index (κ3) is 4.81. The van der Waals surface area contributed by atoms with Crippen molar-refractivity contribution in [2.75, 3.05) is 24.6 Å². The Labute approximate surface area is 151 Å². The van der Waals surface area contributed by atoms with Crippen LogP contribution < -0.4 is 10.2 Å². The van der Waals surface area contributed by atoms with E-state index in [0.29, 0.717) is 24.5 Å². The summed E-state index contributed by atoms with van der Waals surface area (Å²) in [6.07, 6.45) is 0.0706. The largest absolute Gasteiger partial charge is 0.365 e. The Morgan fingerprint density at radius 3 is 2.76 bits per heavy atom. The molecule has 2 amide bonds. The van der Waals surface area contributed by atoms with E-state index in [1.54, 1.807) is 23.1 Å². The molecule has 2 aromatic carbocycles. The molecule has 130 valence electrons. The number of nitrogens with zero attached hydrogens (tertiary/aromatic N) is 1. The first kappa shape index (κ1) is 17.5. The Morgan fingerprint density at radius 1 is 1.20 bits per heavy atom. The van der Waals surface area contributed by atoms with Crippen LogP contribution in [0.2, 0.25) is 5.02 Å². The highest BCUT2D eigenvalue weighted by Crippen LogP contribution is 2.22. The standard InChI is InChI=1S/C19H19ClN2O3/c20-15-7-4-8-16(10-15)22-12-17(25-13-19(22)24)11-21-18(23)9-14-5-2-1-3-6-14/h1-8,10,17H,9,11-13H2,(H,21,23). The third-order valence-electron chi connectivity index (χ3n) is 3.98. The van der Waals surface area contributed by atoms with Crippen LogP contribution in [0.25, 0.3) is 0 Å². The van der Waals surface area contributed by atoms with Gasteiger partial charge in [-0.25, -0.2) is 0 Å². The van der Waals surface area contributed by atoms with E-state index < -0.39 is 0 Å². The van der Waals surface area contributed by atoms with Crippen molar-refractivity contribution in [3.63, 3.8) is 0 Å². The van der Waals surface area contributed by atoms with Crippen LogP contribution in [0.5, 0.6) is 0 Å². The molecule has 5 nitrogen and oxygen atoms in total. The van der Waals surface area contributed by atoms with Gasteiger partial charge < -0.3 is 15.0 Å². The lowest BCUT2D eigenvalue weighted by Gasteiger charge is -2.33. The summed E-state index contributed by atoms with van der Waals surface area (Å²) < 4.78 is 5.53. The molecule has 1 heterocycles. The minimum atomic E-state index is -0.253. The van der Waals surface area contributed by atoms with Crippen molar-refractivity contribution < 1.29 is 14.3 Å². The molecular formula is C19H19ClN2O3. The molecule has 0 spiro atoms. The molecular weight excluding hydrogens is 340 g/mol. The van der Waals surface area contributed by atoms with Gasteiger partial charge in [0.1, 0.15) is 6.61 Å². The molecule has 1 saturated heterocycles. The molecule has 1 fully saturated rings. The highest BCUT2D eigenvalue weighted by Gasteiger charge is 2.27. The van der Waals surface area contributed by atoms with Gasteiger partial charge in [-0.3, -0.25) is 9.59 Å². The molecule has 0 bridgehead atoms. The zero-order valence-electron chi connectivity index (χ0n) is 13.7. The molecule has 1 unspecified atom stereocenters. The Balaban J connectivity index is 1.55. The van der Waals surface area contributed by atoms with Gasteiger partial charge in [-0.05, 0) is 23.8 Å². The van der Waals surface area contributed by atoms with E-state index >= 15 is 0 Å². The molecule has 2 aromatic rings. The lowest BCUT2D eigenvalue weighted by Crippen LogP contribution is -2.50. The maximum atomic E-state index is 12.1. The number of carbonyl (C=O) groups excluding carboxylic acids is 2. The monoisotopic (exact) mass is 358 g/mol. The number of hydrogen-bond acceptors (Lipinski definition) is 3. The fraction of sp³-hybridized carbons (Fsp3) is 0.263. The minimum absolute atomic E-state index is 0.00820. The fourth-order valence-corrected chi connectivity index (χ4v) is 2.90. The van der Waals surface area contributed by atoms with Crippen LogP contribution in [-0.2, 0) is 20.7 Å². The lowest BCUT2D eigenvalue weighted by molar-refractivity contribution is -0.129. The number of benzene rings is 2. The number of halogens is 1. The lowest BCUT2D eigenvalue weighted by atomic mass is 10.1. The van der Waals surface area contributed by atoms with Crippen LogP contribution in [-0.4, -0.2) is 37.6 Å². The Hall–Kier alpha value is -2.37. The number of morpholine rings is 1. The molecule has 1 atom stereocenters. The molecule has 0 aromatic heterocycles. The van der Waals surface area contributed by atoms with Crippen LogP contribution in [0, 0.1) is 0 Å². The van der Waals surface area contributed by atoms with E-state index in [4.69, 9.17) is 16.3 Å². The van der Waals surface area contributed by atoms with Crippen LogP contribution in [0.1, 0.15) is 5.56 Å². The third-order valence-corrected chi connectivity index (χ3v) is 4.22. The molecule has 3 rings (SSSR count). The van der Waals surface area contributed by atoms with Crippen molar-refractivity contribution >= 4 is 29.1 Å². The first-order chi connectivity index (χ1) is 12.1. The van der Waals surface area contributed by atoms with Gasteiger partial charge in [0, 0.05) is 17.3 Å². The molecule has 0 saturated carbocycles. The van der Waals surface area contributed by atoms with Crippen molar-refractivity contribution in [3.05, 3.63) is 65.2 Å². The summed E-state index contributed by atoms with van der Waals surface area (Å²) in [4.78, 5) is 25.8. The average molecular weight is 359 g/mol. The van der Waals surface area contributed by atoms with Crippen LogP contribution >= 0.6 is 11.6 Å². The highest BCUT2D eigenvalue weighted by atomic mass is 35.5. The average Bonchev–Trinajstić information content (AvgIpc) is 2.62. The van der Waals surface area contributed by atoms with E-state index in [1.165, 1.54) is 0 Å². The second kappa shape index (κ2) is 8.14. The molecule has 0 radical (unpaired) electrons. The van der Waals surface area contributed by atoms with Crippen molar-refractivity contribution in [2.45, 2.75) is 12.5 Å². The number of carbonyl (C=O) groups is 2. The number of hydrogen-bond donors (Lipinski definition) is 1. The van der Waals surface area contributed by atoms with Crippen molar-refractivity contribution in [3.8, 4) is 0 Å². The van der Waals surface area contributed by atoms with Gasteiger partial charge >= 0.3 is 0 Å². The van der Waals surface area contributed by atoms with Crippen molar-refractivity contribution in [2.24, 2.45) is 0 Å². The summed E-state index contributed by atoms with van der Waals surface area (Å²) in [6, 6.07) is 16.7. The molecule has 25 heavy (non-hydrogen) atoms. The molecule has 1 N–H and O–H groups in total. The first-order valence-corrected chi connectivity index (χ1v) is 8.48. The summed E-state index contributed by atoms with van der Waals surface area (Å²) in [5.74, 6) is -0.185. The van der Waals surface area contributed by atoms with Gasteiger partial charge in [-0.15, -0.1) is 0 Å². The predicted octanol–water partition coefficient (Wildman–Crippen LogP) is 2.43. The number of anilines is 1. The SMILES string of the molecule is O=C(Cc1ccccc1)NCC1CN(c2cccc(Cl)c2)C(=O)CO1. The van der Waals surface area contributed by atoms with E-state index in [9.17, 15) is 9.59 Å². The van der Waals surface area contributed by atoms with E-state index in [1.807, 2.05) is 36.4 Å². The molecule has 1 aliphatic heterocycles. The van der Waals surface area contributed by atoms with Crippen molar-refractivity contribution in [1.82, 2.24) is 5.32 Å². The van der Waals surface area contributed by atoms with Crippen LogP contribution in [0.4, 0.5) is 5.69 Å². The number of ether oxygens (including phenoxy) is 1. The Bertz CT molecular complexity index is 751. The second-order valence-electron chi connectivity index (χ2n) is 5.88. The molecule has 0 aliphatic carbocycles. The van der Waals surface area contributed by atoms with Gasteiger partial charge in [0.05, 0.1) is 19.1 Å². The zero-order chi connectivity index (χ0) is 17.6. The molecule has 6 heteroatoms. The molecule has 1 aliphatic rings. The summed E-state index contributed by atoms with van der Waals surface area (Å²) in [6.45, 7) is 0.729. The van der Waals surface area contributed by atoms with Gasteiger partial charge in [0.25, 0.3) is 5.91 Å². The van der Waals surface area contributed by atoms with Gasteiger partial charge in [-0.1, -0.05) is 48.0 Å². The number of amides is 2. The smallest absolute Gasteiger partial charge is 0.253 e. The topological polar surface area (TPSA) is 58.6 Å². The van der Waals surface area contributed by atoms with Crippen molar-refractivity contribution in [1.29, 1.82) is 0 Å². The summed E-state index contributed by atoms with van der Waals surface area (Å²) >= 11 is 6.00. The second-order valence-corrected chi connectivity index (χ2v) is 6.32. The summed E-state index contributed by atoms with van der Waals surface area (Å²) in [7, 11) is 0. The normalized spacial score (nSPS) is 17.4.